The molecule has 0 unspecified atom stereocenters. The van der Waals surface area contributed by atoms with E-state index in [0.29, 0.717) is 6.04 Å². The van der Waals surface area contributed by atoms with Crippen LogP contribution in [0, 0.1) is 6.92 Å². The van der Waals surface area contributed by atoms with Crippen LogP contribution in [0.1, 0.15) is 58.1 Å². The highest BCUT2D eigenvalue weighted by Gasteiger charge is 2.27. The van der Waals surface area contributed by atoms with Crippen molar-refractivity contribution in [1.82, 2.24) is 15.3 Å². The van der Waals surface area contributed by atoms with Crippen LogP contribution in [0.3, 0.4) is 0 Å². The second-order valence-electron chi connectivity index (χ2n) is 7.49. The normalized spacial score (nSPS) is 18.9. The maximum Gasteiger partial charge on any atom is 0.261 e. The lowest BCUT2D eigenvalue weighted by Gasteiger charge is -2.27. The summed E-state index contributed by atoms with van der Waals surface area (Å²) in [4.78, 5) is 23.2. The third-order valence-electron chi connectivity index (χ3n) is 5.53. The molecule has 5 nitrogen and oxygen atoms in total. The lowest BCUT2D eigenvalue weighted by atomic mass is 9.87. The largest absolute Gasteiger partial charge is 0.363 e. The highest BCUT2D eigenvalue weighted by Crippen LogP contribution is 2.37. The minimum absolute atomic E-state index is 0.0203. The van der Waals surface area contributed by atoms with Crippen molar-refractivity contribution < 1.29 is 4.79 Å². The predicted molar refractivity (Wildman–Crippen MR) is 108 cm³/mol. The average Bonchev–Trinajstić information content (AvgIpc) is 3.43. The highest BCUT2D eigenvalue weighted by atomic mass is 32.1. The molecule has 0 spiro atoms. The van der Waals surface area contributed by atoms with Crippen LogP contribution in [0.2, 0.25) is 0 Å². The number of rotatable bonds is 4. The molecule has 5 rings (SSSR count). The molecule has 1 saturated carbocycles. The molecule has 1 fully saturated rings. The zero-order chi connectivity index (χ0) is 18.4. The van der Waals surface area contributed by atoms with Crippen molar-refractivity contribution in [3.05, 3.63) is 52.2 Å². The van der Waals surface area contributed by atoms with Crippen molar-refractivity contribution in [3.63, 3.8) is 0 Å². The number of nitrogens with one attached hydrogen (secondary N) is 2. The maximum absolute atomic E-state index is 12.6. The topological polar surface area (TPSA) is 66.9 Å². The second-order valence-corrected chi connectivity index (χ2v) is 8.49. The molecule has 138 valence electrons. The Morgan fingerprint density at radius 3 is 2.89 bits per heavy atom. The Balaban J connectivity index is 1.51. The monoisotopic (exact) mass is 378 g/mol. The number of amides is 1. The Labute approximate surface area is 162 Å². The molecule has 2 aliphatic rings. The smallest absolute Gasteiger partial charge is 0.261 e. The first kappa shape index (κ1) is 16.7. The van der Waals surface area contributed by atoms with Gasteiger partial charge < -0.3 is 10.6 Å². The molecule has 2 heterocycles. The van der Waals surface area contributed by atoms with Crippen LogP contribution < -0.4 is 10.6 Å². The molecule has 2 aliphatic carbocycles. The number of aromatic nitrogens is 2. The van der Waals surface area contributed by atoms with Gasteiger partial charge in [0, 0.05) is 6.04 Å². The first-order valence-corrected chi connectivity index (χ1v) is 10.4. The van der Waals surface area contributed by atoms with Crippen LogP contribution in [-0.2, 0) is 6.42 Å². The van der Waals surface area contributed by atoms with Crippen molar-refractivity contribution >= 4 is 33.3 Å². The minimum atomic E-state index is 0.0203. The Hall–Kier alpha value is -2.47. The first-order chi connectivity index (χ1) is 13.2. The lowest BCUT2D eigenvalue weighted by molar-refractivity contribution is 0.0954. The maximum atomic E-state index is 12.6. The number of hydrogen-bond acceptors (Lipinski definition) is 5. The van der Waals surface area contributed by atoms with Gasteiger partial charge in [-0.3, -0.25) is 4.79 Å². The molecule has 6 heteroatoms. The molecule has 0 saturated heterocycles. The van der Waals surface area contributed by atoms with E-state index in [-0.39, 0.29) is 11.9 Å². The quantitative estimate of drug-likeness (QED) is 0.707. The summed E-state index contributed by atoms with van der Waals surface area (Å²) in [6.07, 6.45) is 7.16. The predicted octanol–water partition coefficient (Wildman–Crippen LogP) is 4.38. The lowest BCUT2D eigenvalue weighted by Crippen LogP contribution is -2.25. The molecule has 1 amide bonds. The van der Waals surface area contributed by atoms with Crippen LogP contribution in [0.5, 0.6) is 0 Å². The summed E-state index contributed by atoms with van der Waals surface area (Å²) < 4.78 is 0. The molecular formula is C21H22N4OS. The van der Waals surface area contributed by atoms with E-state index in [1.54, 1.807) is 6.33 Å². The molecular weight excluding hydrogens is 356 g/mol. The summed E-state index contributed by atoms with van der Waals surface area (Å²) in [5, 5.41) is 7.72. The summed E-state index contributed by atoms with van der Waals surface area (Å²) in [6.45, 7) is 2.00. The molecule has 0 bridgehead atoms. The number of carbonyl (C=O) groups is 1. The summed E-state index contributed by atoms with van der Waals surface area (Å²) in [7, 11) is 0. The van der Waals surface area contributed by atoms with Gasteiger partial charge in [-0.05, 0) is 55.7 Å². The number of benzene rings is 1. The molecule has 3 aromatic rings. The van der Waals surface area contributed by atoms with Crippen molar-refractivity contribution in [3.8, 4) is 0 Å². The molecule has 0 aliphatic heterocycles. The zero-order valence-corrected chi connectivity index (χ0v) is 16.1. The van der Waals surface area contributed by atoms with Crippen molar-refractivity contribution in [2.45, 2.75) is 51.1 Å². The number of thiophene rings is 1. The Bertz CT molecular complexity index is 1020. The van der Waals surface area contributed by atoms with E-state index in [9.17, 15) is 4.79 Å². The fourth-order valence-electron chi connectivity index (χ4n) is 3.95. The van der Waals surface area contributed by atoms with Gasteiger partial charge in [0.25, 0.3) is 5.91 Å². The number of hydrogen-bond donors (Lipinski definition) is 2. The summed E-state index contributed by atoms with van der Waals surface area (Å²) in [5.41, 5.74) is 3.74. The van der Waals surface area contributed by atoms with Gasteiger partial charge in [-0.15, -0.1) is 11.3 Å². The molecule has 1 aromatic carbocycles. The fraction of sp³-hybridized carbons (Fsp3) is 0.381. The van der Waals surface area contributed by atoms with Crippen molar-refractivity contribution in [2.75, 3.05) is 5.32 Å². The number of fused-ring (bicyclic) bond motifs is 2. The first-order valence-electron chi connectivity index (χ1n) is 9.60. The number of aryl methyl sites for hydroxylation is 2. The highest BCUT2D eigenvalue weighted by molar-refractivity contribution is 7.20. The minimum Gasteiger partial charge on any atom is -0.363 e. The van der Waals surface area contributed by atoms with Gasteiger partial charge in [0.2, 0.25) is 0 Å². The van der Waals surface area contributed by atoms with Gasteiger partial charge in [-0.1, -0.05) is 24.3 Å². The molecule has 1 atom stereocenters. The third kappa shape index (κ3) is 3.08. The van der Waals surface area contributed by atoms with E-state index < -0.39 is 0 Å². The molecule has 2 aromatic heterocycles. The Morgan fingerprint density at radius 2 is 2.04 bits per heavy atom. The van der Waals surface area contributed by atoms with Crippen molar-refractivity contribution in [2.24, 2.45) is 0 Å². The van der Waals surface area contributed by atoms with Gasteiger partial charge in [0.05, 0.1) is 16.3 Å². The summed E-state index contributed by atoms with van der Waals surface area (Å²) in [6, 6.07) is 9.23. The van der Waals surface area contributed by atoms with E-state index in [1.165, 1.54) is 28.9 Å². The van der Waals surface area contributed by atoms with E-state index in [2.05, 4.69) is 44.9 Å². The molecule has 27 heavy (non-hydrogen) atoms. The number of nitrogens with zero attached hydrogens (tertiary/aromatic N) is 2. The zero-order valence-electron chi connectivity index (χ0n) is 15.3. The Kier molecular flexibility index (Phi) is 4.08. The van der Waals surface area contributed by atoms with Crippen LogP contribution in [0.4, 0.5) is 5.82 Å². The van der Waals surface area contributed by atoms with Gasteiger partial charge in [-0.25, -0.2) is 9.97 Å². The standard InChI is InChI=1S/C21H22N4OS/c1-12-17-19(25-16-8-4-6-13-5-2-3-7-15(13)16)22-11-23-21(17)27-18(12)20(26)24-14-9-10-14/h2-3,5,7,11,14,16H,4,6,8-10H2,1H3,(H,24,26)(H,22,23,25)/t16-/m1/s1. The number of anilines is 1. The van der Waals surface area contributed by atoms with Crippen LogP contribution in [0.25, 0.3) is 10.2 Å². The third-order valence-corrected chi connectivity index (χ3v) is 6.72. The van der Waals surface area contributed by atoms with Gasteiger partial charge in [-0.2, -0.15) is 0 Å². The summed E-state index contributed by atoms with van der Waals surface area (Å²) in [5.74, 6) is 0.855. The van der Waals surface area contributed by atoms with E-state index in [1.807, 2.05) is 6.92 Å². The second kappa shape index (κ2) is 6.60. The SMILES string of the molecule is Cc1c(C(=O)NC2CC2)sc2ncnc(N[C@@H]3CCCc4ccccc43)c12. The summed E-state index contributed by atoms with van der Waals surface area (Å²) >= 11 is 1.46. The molecule has 2 N–H and O–H groups in total. The average molecular weight is 379 g/mol. The molecule has 0 radical (unpaired) electrons. The fourth-order valence-corrected chi connectivity index (χ4v) is 5.00. The van der Waals surface area contributed by atoms with Gasteiger partial charge in [0.15, 0.2) is 0 Å². The van der Waals surface area contributed by atoms with Crippen molar-refractivity contribution in [1.29, 1.82) is 0 Å². The van der Waals surface area contributed by atoms with Crippen LogP contribution >= 0.6 is 11.3 Å². The van der Waals surface area contributed by atoms with E-state index in [0.717, 1.165) is 52.2 Å². The van der Waals surface area contributed by atoms with Crippen LogP contribution in [-0.4, -0.2) is 21.9 Å². The van der Waals surface area contributed by atoms with E-state index in [4.69, 9.17) is 0 Å². The number of carbonyl (C=O) groups excluding carboxylic acids is 1. The van der Waals surface area contributed by atoms with Gasteiger partial charge in [0.1, 0.15) is 17.0 Å². The Morgan fingerprint density at radius 1 is 1.19 bits per heavy atom. The van der Waals surface area contributed by atoms with E-state index >= 15 is 0 Å². The van der Waals surface area contributed by atoms with Gasteiger partial charge >= 0.3 is 0 Å². The van der Waals surface area contributed by atoms with Crippen LogP contribution in [0.15, 0.2) is 30.6 Å².